The smallest absolute Gasteiger partial charge is 0.252 e. The Hall–Kier alpha value is -1.64. The molecule has 3 nitrogen and oxygen atoms in total. The molecule has 1 fully saturated rings. The normalized spacial score (nSPS) is 19.6. The van der Waals surface area contributed by atoms with Crippen LogP contribution in [0.3, 0.4) is 0 Å². The summed E-state index contributed by atoms with van der Waals surface area (Å²) in [6.45, 7) is 6.00. The Balaban J connectivity index is 2.10. The molecule has 0 aromatic heterocycles. The number of rotatable bonds is 2. The predicted molar refractivity (Wildman–Crippen MR) is 80.0 cm³/mol. The van der Waals surface area contributed by atoms with Gasteiger partial charge in [0.2, 0.25) is 0 Å². The lowest BCUT2D eigenvalue weighted by atomic mass is 9.98. The fourth-order valence-electron chi connectivity index (χ4n) is 3.09. The van der Waals surface area contributed by atoms with Crippen molar-refractivity contribution >= 4 is 11.7 Å². The standard InChI is InChI=1S/C17H23NO2/c1-11-9-12(2)16(13(3)10-11)17(20)18-14-5-4-6-15(19)8-7-14/h9-10,14H,4-8H2,1-3H3,(H,18,20)/t14-/m0/s1. The number of Topliss-reactive ketones (excluding diaryl/α,β-unsaturated/α-hetero) is 1. The lowest BCUT2D eigenvalue weighted by molar-refractivity contribution is -0.118. The number of ketones is 1. The molecule has 1 atom stereocenters. The van der Waals surface area contributed by atoms with Gasteiger partial charge in [0.25, 0.3) is 5.91 Å². The molecular formula is C17H23NO2. The molecule has 0 bridgehead atoms. The van der Waals surface area contributed by atoms with Crippen LogP contribution in [0.25, 0.3) is 0 Å². The fraction of sp³-hybridized carbons (Fsp3) is 0.529. The summed E-state index contributed by atoms with van der Waals surface area (Å²) in [6, 6.07) is 4.21. The Kier molecular flexibility index (Phi) is 4.58. The maximum Gasteiger partial charge on any atom is 0.252 e. The lowest BCUT2D eigenvalue weighted by Crippen LogP contribution is -2.35. The summed E-state index contributed by atoms with van der Waals surface area (Å²) in [7, 11) is 0. The molecule has 2 rings (SSSR count). The first kappa shape index (κ1) is 14.8. The van der Waals surface area contributed by atoms with E-state index in [1.54, 1.807) is 0 Å². The molecule has 3 heteroatoms. The average molecular weight is 273 g/mol. The van der Waals surface area contributed by atoms with E-state index in [1.807, 2.05) is 32.9 Å². The van der Waals surface area contributed by atoms with Gasteiger partial charge >= 0.3 is 0 Å². The lowest BCUT2D eigenvalue weighted by Gasteiger charge is -2.18. The van der Waals surface area contributed by atoms with E-state index < -0.39 is 0 Å². The number of carbonyl (C=O) groups excluding carboxylic acids is 2. The summed E-state index contributed by atoms with van der Waals surface area (Å²) in [5.41, 5.74) is 4.00. The van der Waals surface area contributed by atoms with Gasteiger partial charge in [-0.05, 0) is 51.2 Å². The molecule has 0 spiro atoms. The highest BCUT2D eigenvalue weighted by Gasteiger charge is 2.20. The van der Waals surface area contributed by atoms with Crippen LogP contribution >= 0.6 is 0 Å². The molecule has 1 aliphatic rings. The van der Waals surface area contributed by atoms with Crippen molar-refractivity contribution in [2.75, 3.05) is 0 Å². The third-order valence-corrected chi connectivity index (χ3v) is 4.02. The molecule has 1 amide bonds. The SMILES string of the molecule is Cc1cc(C)c(C(=O)N[C@H]2CCCC(=O)CC2)c(C)c1. The molecule has 0 unspecified atom stereocenters. The highest BCUT2D eigenvalue weighted by atomic mass is 16.1. The largest absolute Gasteiger partial charge is 0.349 e. The van der Waals surface area contributed by atoms with Gasteiger partial charge in [0, 0.05) is 24.4 Å². The highest BCUT2D eigenvalue weighted by molar-refractivity contribution is 5.97. The van der Waals surface area contributed by atoms with Gasteiger partial charge in [0.05, 0.1) is 0 Å². The number of nitrogens with one attached hydrogen (secondary N) is 1. The van der Waals surface area contributed by atoms with E-state index in [0.717, 1.165) is 36.0 Å². The van der Waals surface area contributed by atoms with Crippen molar-refractivity contribution in [1.82, 2.24) is 5.32 Å². The average Bonchev–Trinajstić information content (AvgIpc) is 2.53. The molecule has 1 N–H and O–H groups in total. The second-order valence-electron chi connectivity index (χ2n) is 5.91. The van der Waals surface area contributed by atoms with E-state index in [9.17, 15) is 9.59 Å². The molecule has 1 aliphatic carbocycles. The fourth-order valence-corrected chi connectivity index (χ4v) is 3.09. The van der Waals surface area contributed by atoms with E-state index in [0.29, 0.717) is 18.6 Å². The van der Waals surface area contributed by atoms with Gasteiger partial charge in [0.15, 0.2) is 0 Å². The Bertz CT molecular complexity index is 511. The minimum absolute atomic E-state index is 0.000603. The van der Waals surface area contributed by atoms with Gasteiger partial charge in [-0.3, -0.25) is 9.59 Å². The van der Waals surface area contributed by atoms with Crippen molar-refractivity contribution in [1.29, 1.82) is 0 Å². The monoisotopic (exact) mass is 273 g/mol. The zero-order chi connectivity index (χ0) is 14.7. The van der Waals surface area contributed by atoms with Gasteiger partial charge in [-0.2, -0.15) is 0 Å². The first-order valence-corrected chi connectivity index (χ1v) is 7.38. The number of hydrogen-bond acceptors (Lipinski definition) is 2. The number of aryl methyl sites for hydroxylation is 3. The van der Waals surface area contributed by atoms with Crippen LogP contribution in [-0.2, 0) is 4.79 Å². The minimum Gasteiger partial charge on any atom is -0.349 e. The Morgan fingerprint density at radius 3 is 2.40 bits per heavy atom. The number of benzene rings is 1. The number of amides is 1. The maximum atomic E-state index is 12.5. The van der Waals surface area contributed by atoms with Crippen molar-refractivity contribution < 1.29 is 9.59 Å². The summed E-state index contributed by atoms with van der Waals surface area (Å²) < 4.78 is 0. The van der Waals surface area contributed by atoms with Crippen molar-refractivity contribution in [3.05, 3.63) is 34.4 Å². The van der Waals surface area contributed by atoms with Crippen LogP contribution in [0.1, 0.15) is 59.2 Å². The van der Waals surface area contributed by atoms with Crippen molar-refractivity contribution in [3.63, 3.8) is 0 Å². The first-order chi connectivity index (χ1) is 9.47. The molecule has 108 valence electrons. The second-order valence-corrected chi connectivity index (χ2v) is 5.91. The Morgan fingerprint density at radius 2 is 1.75 bits per heavy atom. The molecule has 1 aromatic rings. The minimum atomic E-state index is -0.000603. The molecule has 1 saturated carbocycles. The zero-order valence-electron chi connectivity index (χ0n) is 12.6. The molecule has 20 heavy (non-hydrogen) atoms. The van der Waals surface area contributed by atoms with Gasteiger partial charge < -0.3 is 5.32 Å². The van der Waals surface area contributed by atoms with E-state index >= 15 is 0 Å². The molecule has 0 radical (unpaired) electrons. The van der Waals surface area contributed by atoms with Gasteiger partial charge in [-0.15, -0.1) is 0 Å². The third-order valence-electron chi connectivity index (χ3n) is 4.02. The van der Waals surface area contributed by atoms with Crippen LogP contribution in [0.5, 0.6) is 0 Å². The van der Waals surface area contributed by atoms with Crippen molar-refractivity contribution in [2.45, 2.75) is 58.9 Å². The van der Waals surface area contributed by atoms with Crippen molar-refractivity contribution in [2.24, 2.45) is 0 Å². The van der Waals surface area contributed by atoms with Crippen LogP contribution < -0.4 is 5.32 Å². The maximum absolute atomic E-state index is 12.5. The summed E-state index contributed by atoms with van der Waals surface area (Å²) in [6.07, 6.45) is 3.82. The number of carbonyl (C=O) groups is 2. The van der Waals surface area contributed by atoms with Crippen LogP contribution in [0.4, 0.5) is 0 Å². The van der Waals surface area contributed by atoms with Crippen LogP contribution in [0.15, 0.2) is 12.1 Å². The molecule has 0 saturated heterocycles. The topological polar surface area (TPSA) is 46.2 Å². The number of hydrogen-bond donors (Lipinski definition) is 1. The van der Waals surface area contributed by atoms with Crippen molar-refractivity contribution in [3.8, 4) is 0 Å². The van der Waals surface area contributed by atoms with E-state index in [1.165, 1.54) is 5.56 Å². The van der Waals surface area contributed by atoms with Crippen LogP contribution in [-0.4, -0.2) is 17.7 Å². The van der Waals surface area contributed by atoms with Crippen LogP contribution in [0.2, 0.25) is 0 Å². The summed E-state index contributed by atoms with van der Waals surface area (Å²) in [5, 5.41) is 3.11. The Morgan fingerprint density at radius 1 is 1.10 bits per heavy atom. The highest BCUT2D eigenvalue weighted by Crippen LogP contribution is 2.19. The zero-order valence-corrected chi connectivity index (χ0v) is 12.6. The molecular weight excluding hydrogens is 250 g/mol. The van der Waals surface area contributed by atoms with Gasteiger partial charge in [-0.25, -0.2) is 0 Å². The third kappa shape index (κ3) is 3.47. The van der Waals surface area contributed by atoms with Gasteiger partial charge in [-0.1, -0.05) is 17.7 Å². The summed E-state index contributed by atoms with van der Waals surface area (Å²) in [4.78, 5) is 23.9. The van der Waals surface area contributed by atoms with Crippen LogP contribution in [0, 0.1) is 20.8 Å². The molecule has 0 heterocycles. The predicted octanol–water partition coefficient (Wildman–Crippen LogP) is 3.24. The Labute approximate surface area is 120 Å². The summed E-state index contributed by atoms with van der Waals surface area (Å²) >= 11 is 0. The van der Waals surface area contributed by atoms with E-state index in [4.69, 9.17) is 0 Å². The first-order valence-electron chi connectivity index (χ1n) is 7.38. The van der Waals surface area contributed by atoms with E-state index in [-0.39, 0.29) is 11.9 Å². The summed E-state index contributed by atoms with van der Waals surface area (Å²) in [5.74, 6) is 0.323. The van der Waals surface area contributed by atoms with E-state index in [2.05, 4.69) is 5.32 Å². The molecule has 1 aromatic carbocycles. The van der Waals surface area contributed by atoms with Gasteiger partial charge in [0.1, 0.15) is 5.78 Å². The quantitative estimate of drug-likeness (QED) is 0.841. The second kappa shape index (κ2) is 6.21. The molecule has 0 aliphatic heterocycles.